The smallest absolute Gasteiger partial charge is 0.267 e. The molecule has 3 heterocycles. The van der Waals surface area contributed by atoms with Crippen LogP contribution in [0.15, 0.2) is 40.3 Å². The Kier molecular flexibility index (Phi) is 6.18. The molecule has 176 valence electrons. The van der Waals surface area contributed by atoms with Crippen LogP contribution in [0, 0.1) is 6.92 Å². The number of benzene rings is 1. The van der Waals surface area contributed by atoms with Crippen LogP contribution in [0.2, 0.25) is 0 Å². The maximum atomic E-state index is 13.7. The third-order valence-electron chi connectivity index (χ3n) is 5.72. The van der Waals surface area contributed by atoms with Gasteiger partial charge < -0.3 is 10.1 Å². The highest BCUT2D eigenvalue weighted by Crippen LogP contribution is 2.36. The van der Waals surface area contributed by atoms with E-state index in [9.17, 15) is 9.59 Å². The molecule has 34 heavy (non-hydrogen) atoms. The summed E-state index contributed by atoms with van der Waals surface area (Å²) >= 11 is 2.85. The number of hydrogen-bond donors (Lipinski definition) is 1. The van der Waals surface area contributed by atoms with Gasteiger partial charge in [0.25, 0.3) is 5.56 Å². The van der Waals surface area contributed by atoms with Gasteiger partial charge in [-0.1, -0.05) is 11.8 Å². The summed E-state index contributed by atoms with van der Waals surface area (Å²) in [6, 6.07) is 9.22. The van der Waals surface area contributed by atoms with E-state index in [0.29, 0.717) is 28.7 Å². The van der Waals surface area contributed by atoms with E-state index in [1.165, 1.54) is 16.6 Å². The Morgan fingerprint density at radius 3 is 2.76 bits per heavy atom. The van der Waals surface area contributed by atoms with E-state index < -0.39 is 0 Å². The second-order valence-electron chi connectivity index (χ2n) is 8.13. The number of fused-ring (bicyclic) bond motifs is 3. The Hall–Kier alpha value is -3.11. The van der Waals surface area contributed by atoms with Crippen molar-refractivity contribution in [3.8, 4) is 11.4 Å². The number of rotatable bonds is 7. The van der Waals surface area contributed by atoms with Gasteiger partial charge >= 0.3 is 0 Å². The fourth-order valence-electron chi connectivity index (χ4n) is 4.24. The lowest BCUT2D eigenvalue weighted by Gasteiger charge is -2.13. The van der Waals surface area contributed by atoms with Gasteiger partial charge in [0.15, 0.2) is 5.16 Å². The number of thioether (sulfide) groups is 1. The lowest BCUT2D eigenvalue weighted by atomic mass is 10.2. The van der Waals surface area contributed by atoms with E-state index in [1.54, 1.807) is 27.6 Å². The number of nitrogens with one attached hydrogen (secondary N) is 1. The van der Waals surface area contributed by atoms with Crippen LogP contribution in [0.1, 0.15) is 29.5 Å². The van der Waals surface area contributed by atoms with Gasteiger partial charge in [-0.2, -0.15) is 5.10 Å². The first kappa shape index (κ1) is 22.7. The minimum Gasteiger partial charge on any atom is -0.494 e. The van der Waals surface area contributed by atoms with Crippen molar-refractivity contribution in [2.75, 3.05) is 17.7 Å². The second-order valence-corrected chi connectivity index (χ2v) is 10.2. The molecule has 0 atom stereocenters. The third-order valence-corrected chi connectivity index (χ3v) is 7.84. The zero-order valence-electron chi connectivity index (χ0n) is 19.3. The molecule has 0 fully saturated rings. The predicted molar refractivity (Wildman–Crippen MR) is 136 cm³/mol. The average molecular weight is 496 g/mol. The van der Waals surface area contributed by atoms with Crippen molar-refractivity contribution in [1.29, 1.82) is 0 Å². The van der Waals surface area contributed by atoms with E-state index in [0.717, 1.165) is 41.1 Å². The molecule has 0 bridgehead atoms. The quantitative estimate of drug-likeness (QED) is 0.307. The summed E-state index contributed by atoms with van der Waals surface area (Å²) in [5.74, 6) is 1.30. The van der Waals surface area contributed by atoms with E-state index >= 15 is 0 Å². The SMILES string of the molecule is CCOc1ccc(-n2c(SCC(=O)Nc3cc(C)nn3C)nc3sc4c(c3c2=O)CCC4)cc1. The number of aromatic nitrogens is 4. The predicted octanol–water partition coefficient (Wildman–Crippen LogP) is 4.11. The number of amides is 1. The first-order valence-electron chi connectivity index (χ1n) is 11.2. The van der Waals surface area contributed by atoms with Crippen LogP contribution in [0.25, 0.3) is 15.9 Å². The molecule has 4 aromatic rings. The van der Waals surface area contributed by atoms with Crippen molar-refractivity contribution in [2.45, 2.75) is 38.3 Å². The number of carbonyl (C=O) groups is 1. The molecular weight excluding hydrogens is 470 g/mol. The summed E-state index contributed by atoms with van der Waals surface area (Å²) in [4.78, 5) is 33.3. The Labute approximate surface area is 205 Å². The van der Waals surface area contributed by atoms with E-state index in [2.05, 4.69) is 10.4 Å². The largest absolute Gasteiger partial charge is 0.494 e. The van der Waals surface area contributed by atoms with Crippen LogP contribution in [-0.2, 0) is 24.7 Å². The highest BCUT2D eigenvalue weighted by atomic mass is 32.2. The lowest BCUT2D eigenvalue weighted by Crippen LogP contribution is -2.23. The molecule has 1 amide bonds. The molecule has 1 aromatic carbocycles. The van der Waals surface area contributed by atoms with Crippen molar-refractivity contribution in [1.82, 2.24) is 19.3 Å². The molecule has 5 rings (SSSR count). The summed E-state index contributed by atoms with van der Waals surface area (Å²) in [7, 11) is 1.78. The summed E-state index contributed by atoms with van der Waals surface area (Å²) in [6.45, 7) is 4.37. The van der Waals surface area contributed by atoms with E-state index in [-0.39, 0.29) is 17.2 Å². The summed E-state index contributed by atoms with van der Waals surface area (Å²) in [5.41, 5.74) is 2.58. The van der Waals surface area contributed by atoms with Crippen molar-refractivity contribution in [3.63, 3.8) is 0 Å². The summed E-state index contributed by atoms with van der Waals surface area (Å²) in [5, 5.41) is 8.34. The number of thiophene rings is 1. The fourth-order valence-corrected chi connectivity index (χ4v) is 6.36. The van der Waals surface area contributed by atoms with Crippen molar-refractivity contribution >= 4 is 45.0 Å². The number of hydrogen-bond acceptors (Lipinski definition) is 7. The second kappa shape index (κ2) is 9.27. The van der Waals surface area contributed by atoms with Crippen molar-refractivity contribution in [2.24, 2.45) is 7.05 Å². The molecule has 0 radical (unpaired) electrons. The normalized spacial score (nSPS) is 12.8. The molecule has 1 aliphatic carbocycles. The number of ether oxygens (including phenoxy) is 1. The highest BCUT2D eigenvalue weighted by molar-refractivity contribution is 7.99. The van der Waals surface area contributed by atoms with Gasteiger partial charge in [-0.3, -0.25) is 18.8 Å². The van der Waals surface area contributed by atoms with Crippen LogP contribution in [-0.4, -0.2) is 37.6 Å². The molecule has 1 aliphatic rings. The standard InChI is InChI=1S/C24H25N5O3S2/c1-4-32-16-10-8-15(9-11-16)29-23(31)21-17-6-5-7-18(17)34-22(21)26-24(29)33-13-20(30)25-19-12-14(2)27-28(19)3/h8-12H,4-7,13H2,1-3H3,(H,25,30). The zero-order chi connectivity index (χ0) is 23.8. The number of aryl methyl sites for hydroxylation is 4. The van der Waals surface area contributed by atoms with E-state index in [1.807, 2.05) is 44.2 Å². The topological polar surface area (TPSA) is 91.0 Å². The minimum absolute atomic E-state index is 0.0845. The van der Waals surface area contributed by atoms with Gasteiger partial charge in [-0.25, -0.2) is 4.98 Å². The zero-order valence-corrected chi connectivity index (χ0v) is 20.9. The molecule has 10 heteroatoms. The minimum atomic E-state index is -0.186. The van der Waals surface area contributed by atoms with Gasteiger partial charge in [0.2, 0.25) is 5.91 Å². The van der Waals surface area contributed by atoms with Crippen LogP contribution >= 0.6 is 23.1 Å². The summed E-state index contributed by atoms with van der Waals surface area (Å²) < 4.78 is 8.81. The monoisotopic (exact) mass is 495 g/mol. The fraction of sp³-hybridized carbons (Fsp3) is 0.333. The summed E-state index contributed by atoms with van der Waals surface area (Å²) in [6.07, 6.45) is 2.98. The molecule has 0 unspecified atom stereocenters. The molecule has 1 N–H and O–H groups in total. The molecule has 0 saturated carbocycles. The molecule has 8 nitrogen and oxygen atoms in total. The maximum absolute atomic E-state index is 13.7. The van der Waals surface area contributed by atoms with E-state index in [4.69, 9.17) is 9.72 Å². The Bertz CT molecular complexity index is 1440. The van der Waals surface area contributed by atoms with Gasteiger partial charge in [0, 0.05) is 18.0 Å². The first-order chi connectivity index (χ1) is 16.4. The van der Waals surface area contributed by atoms with Gasteiger partial charge in [-0.05, 0) is 62.9 Å². The molecule has 0 saturated heterocycles. The van der Waals surface area contributed by atoms with Crippen LogP contribution in [0.3, 0.4) is 0 Å². The van der Waals surface area contributed by atoms with Crippen molar-refractivity contribution < 1.29 is 9.53 Å². The number of anilines is 1. The lowest BCUT2D eigenvalue weighted by molar-refractivity contribution is -0.113. The third kappa shape index (κ3) is 4.23. The Morgan fingerprint density at radius 1 is 1.26 bits per heavy atom. The molecule has 0 spiro atoms. The van der Waals surface area contributed by atoms with Crippen molar-refractivity contribution in [3.05, 3.63) is 56.8 Å². The van der Waals surface area contributed by atoms with Gasteiger partial charge in [0.05, 0.1) is 29.1 Å². The Morgan fingerprint density at radius 2 is 2.06 bits per heavy atom. The van der Waals surface area contributed by atoms with Crippen LogP contribution in [0.4, 0.5) is 5.82 Å². The van der Waals surface area contributed by atoms with Gasteiger partial charge in [0.1, 0.15) is 16.4 Å². The van der Waals surface area contributed by atoms with Crippen LogP contribution in [0.5, 0.6) is 5.75 Å². The highest BCUT2D eigenvalue weighted by Gasteiger charge is 2.24. The van der Waals surface area contributed by atoms with Crippen LogP contribution < -0.4 is 15.6 Å². The Balaban J connectivity index is 1.50. The number of nitrogens with zero attached hydrogens (tertiary/aromatic N) is 4. The average Bonchev–Trinajstić information content (AvgIpc) is 3.47. The first-order valence-corrected chi connectivity index (χ1v) is 13.0. The number of carbonyl (C=O) groups excluding carboxylic acids is 1. The maximum Gasteiger partial charge on any atom is 0.267 e. The van der Waals surface area contributed by atoms with Gasteiger partial charge in [-0.15, -0.1) is 11.3 Å². The molecular formula is C24H25N5O3S2. The molecule has 0 aliphatic heterocycles. The molecule has 3 aromatic heterocycles.